The zero-order chi connectivity index (χ0) is 18.5. The van der Waals surface area contributed by atoms with E-state index in [2.05, 4.69) is 27.5 Å². The Morgan fingerprint density at radius 3 is 2.74 bits per heavy atom. The smallest absolute Gasteiger partial charge is 0.144 e. The summed E-state index contributed by atoms with van der Waals surface area (Å²) < 4.78 is 9.39. The number of piperidine rings is 1. The minimum atomic E-state index is 0.807. The summed E-state index contributed by atoms with van der Waals surface area (Å²) in [5, 5.41) is 8.83. The van der Waals surface area contributed by atoms with Gasteiger partial charge in [-0.05, 0) is 56.5 Å². The van der Waals surface area contributed by atoms with E-state index in [1.165, 1.54) is 24.8 Å². The number of hydrogen-bond donors (Lipinski definition) is 0. The molecule has 0 spiro atoms. The van der Waals surface area contributed by atoms with Gasteiger partial charge in [0.25, 0.3) is 0 Å². The van der Waals surface area contributed by atoms with Gasteiger partial charge in [-0.2, -0.15) is 10.2 Å². The summed E-state index contributed by atoms with van der Waals surface area (Å²) in [6.45, 7) is 4.30. The average molecular weight is 365 g/mol. The van der Waals surface area contributed by atoms with Crippen LogP contribution in [0.4, 0.5) is 0 Å². The molecule has 6 nitrogen and oxygen atoms in total. The lowest BCUT2D eigenvalue weighted by Crippen LogP contribution is -2.33. The largest absolute Gasteiger partial charge is 0.494 e. The molecule has 6 heteroatoms. The molecule has 0 amide bonds. The molecule has 2 aromatic heterocycles. The maximum atomic E-state index is 5.44. The van der Waals surface area contributed by atoms with Gasteiger partial charge in [-0.15, -0.1) is 0 Å². The first-order valence-electron chi connectivity index (χ1n) is 9.68. The summed E-state index contributed by atoms with van der Waals surface area (Å²) >= 11 is 0. The number of likely N-dealkylation sites (tertiary alicyclic amines) is 1. The number of aryl methyl sites for hydroxylation is 1. The van der Waals surface area contributed by atoms with E-state index in [1.54, 1.807) is 7.11 Å². The number of hydrogen-bond acceptors (Lipinski definition) is 4. The molecule has 0 bridgehead atoms. The lowest BCUT2D eigenvalue weighted by molar-refractivity contribution is 0.168. The molecule has 1 saturated heterocycles. The SMILES string of the molecule is COc1ccccc1-n1cc(CN2CCC(CCn3cccn3)CC2)cn1. The molecule has 1 aromatic carbocycles. The van der Waals surface area contributed by atoms with Crippen molar-refractivity contribution in [2.45, 2.75) is 32.4 Å². The van der Waals surface area contributed by atoms with Crippen molar-refractivity contribution in [3.05, 3.63) is 60.7 Å². The van der Waals surface area contributed by atoms with Crippen LogP contribution in [0.3, 0.4) is 0 Å². The summed E-state index contributed by atoms with van der Waals surface area (Å²) in [7, 11) is 1.69. The van der Waals surface area contributed by atoms with Crippen molar-refractivity contribution in [1.82, 2.24) is 24.5 Å². The minimum Gasteiger partial charge on any atom is -0.494 e. The van der Waals surface area contributed by atoms with E-state index >= 15 is 0 Å². The highest BCUT2D eigenvalue weighted by Gasteiger charge is 2.19. The summed E-state index contributed by atoms with van der Waals surface area (Å²) in [5.41, 5.74) is 2.22. The van der Waals surface area contributed by atoms with Gasteiger partial charge in [0.05, 0.1) is 13.3 Å². The van der Waals surface area contributed by atoms with Crippen molar-refractivity contribution < 1.29 is 4.74 Å². The molecule has 1 aliphatic rings. The van der Waals surface area contributed by atoms with Gasteiger partial charge >= 0.3 is 0 Å². The molecule has 1 fully saturated rings. The fourth-order valence-corrected chi connectivity index (χ4v) is 3.83. The van der Waals surface area contributed by atoms with E-state index < -0.39 is 0 Å². The van der Waals surface area contributed by atoms with Crippen LogP contribution in [0, 0.1) is 5.92 Å². The van der Waals surface area contributed by atoms with E-state index in [4.69, 9.17) is 4.74 Å². The zero-order valence-corrected chi connectivity index (χ0v) is 15.9. The highest BCUT2D eigenvalue weighted by molar-refractivity contribution is 5.46. The third-order valence-electron chi connectivity index (χ3n) is 5.41. The molecular formula is C21H27N5O. The lowest BCUT2D eigenvalue weighted by atomic mass is 9.93. The molecular weight excluding hydrogens is 338 g/mol. The topological polar surface area (TPSA) is 48.1 Å². The van der Waals surface area contributed by atoms with Crippen LogP contribution in [0.15, 0.2) is 55.1 Å². The van der Waals surface area contributed by atoms with Crippen LogP contribution in [0.25, 0.3) is 5.69 Å². The molecule has 0 atom stereocenters. The molecule has 0 saturated carbocycles. The van der Waals surface area contributed by atoms with Crippen LogP contribution >= 0.6 is 0 Å². The van der Waals surface area contributed by atoms with Crippen molar-refractivity contribution in [3.63, 3.8) is 0 Å². The fraction of sp³-hybridized carbons (Fsp3) is 0.429. The minimum absolute atomic E-state index is 0.807. The summed E-state index contributed by atoms with van der Waals surface area (Å²) in [6.07, 6.45) is 11.7. The van der Waals surface area contributed by atoms with Gasteiger partial charge < -0.3 is 4.74 Å². The number of aromatic nitrogens is 4. The van der Waals surface area contributed by atoms with Gasteiger partial charge in [-0.25, -0.2) is 4.68 Å². The summed E-state index contributed by atoms with van der Waals surface area (Å²) in [5.74, 6) is 1.65. The van der Waals surface area contributed by atoms with E-state index in [0.717, 1.165) is 43.5 Å². The van der Waals surface area contributed by atoms with Crippen LogP contribution in [-0.2, 0) is 13.1 Å². The average Bonchev–Trinajstić information content (AvgIpc) is 3.39. The first-order valence-corrected chi connectivity index (χ1v) is 9.68. The van der Waals surface area contributed by atoms with Crippen molar-refractivity contribution in [3.8, 4) is 11.4 Å². The van der Waals surface area contributed by atoms with Gasteiger partial charge in [0.15, 0.2) is 0 Å². The summed E-state index contributed by atoms with van der Waals surface area (Å²) in [4.78, 5) is 2.54. The summed E-state index contributed by atoms with van der Waals surface area (Å²) in [6, 6.07) is 9.97. The molecule has 0 aliphatic carbocycles. The molecule has 3 heterocycles. The Balaban J connectivity index is 1.29. The molecule has 0 unspecified atom stereocenters. The highest BCUT2D eigenvalue weighted by atomic mass is 16.5. The predicted molar refractivity (Wildman–Crippen MR) is 105 cm³/mol. The van der Waals surface area contributed by atoms with E-state index in [-0.39, 0.29) is 0 Å². The van der Waals surface area contributed by atoms with Crippen molar-refractivity contribution in [2.24, 2.45) is 5.92 Å². The van der Waals surface area contributed by atoms with Crippen LogP contribution in [-0.4, -0.2) is 44.7 Å². The monoisotopic (exact) mass is 365 g/mol. The number of benzene rings is 1. The molecule has 142 valence electrons. The second kappa shape index (κ2) is 8.39. The Morgan fingerprint density at radius 1 is 1.11 bits per heavy atom. The van der Waals surface area contributed by atoms with Crippen LogP contribution in [0.2, 0.25) is 0 Å². The predicted octanol–water partition coefficient (Wildman–Crippen LogP) is 3.38. The number of methoxy groups -OCH3 is 1. The van der Waals surface area contributed by atoms with E-state index in [1.807, 2.05) is 52.1 Å². The Labute approximate surface area is 160 Å². The highest BCUT2D eigenvalue weighted by Crippen LogP contribution is 2.24. The van der Waals surface area contributed by atoms with Gasteiger partial charge in [-0.1, -0.05) is 12.1 Å². The zero-order valence-electron chi connectivity index (χ0n) is 15.9. The van der Waals surface area contributed by atoms with E-state index in [9.17, 15) is 0 Å². The molecule has 4 rings (SSSR count). The van der Waals surface area contributed by atoms with Gasteiger partial charge in [0.2, 0.25) is 0 Å². The standard InChI is InChI=1S/C21H27N5O/c1-27-21-6-3-2-5-20(21)26-17-19(15-23-26)16-24-12-7-18(8-13-24)9-14-25-11-4-10-22-25/h2-6,10-11,15,17-18H,7-9,12-14,16H2,1H3. The van der Waals surface area contributed by atoms with Crippen LogP contribution in [0.1, 0.15) is 24.8 Å². The number of para-hydroxylation sites is 2. The molecule has 27 heavy (non-hydrogen) atoms. The van der Waals surface area contributed by atoms with Crippen molar-refractivity contribution >= 4 is 0 Å². The van der Waals surface area contributed by atoms with Crippen LogP contribution < -0.4 is 4.74 Å². The maximum Gasteiger partial charge on any atom is 0.144 e. The number of nitrogens with zero attached hydrogens (tertiary/aromatic N) is 5. The first-order chi connectivity index (χ1) is 13.3. The molecule has 3 aromatic rings. The normalized spacial score (nSPS) is 15.9. The second-order valence-electron chi connectivity index (χ2n) is 7.24. The number of ether oxygens (including phenoxy) is 1. The first kappa shape index (κ1) is 17.8. The maximum absolute atomic E-state index is 5.44. The molecule has 0 N–H and O–H groups in total. The number of rotatable bonds is 7. The lowest BCUT2D eigenvalue weighted by Gasteiger charge is -2.31. The Morgan fingerprint density at radius 2 is 1.96 bits per heavy atom. The second-order valence-corrected chi connectivity index (χ2v) is 7.24. The van der Waals surface area contributed by atoms with Gasteiger partial charge in [0.1, 0.15) is 11.4 Å². The Bertz CT molecular complexity index is 834. The third kappa shape index (κ3) is 4.39. The van der Waals surface area contributed by atoms with Crippen molar-refractivity contribution in [2.75, 3.05) is 20.2 Å². The van der Waals surface area contributed by atoms with Crippen molar-refractivity contribution in [1.29, 1.82) is 0 Å². The van der Waals surface area contributed by atoms with Gasteiger partial charge in [-0.3, -0.25) is 9.58 Å². The quantitative estimate of drug-likeness (QED) is 0.644. The third-order valence-corrected chi connectivity index (χ3v) is 5.41. The van der Waals surface area contributed by atoms with Crippen LogP contribution in [0.5, 0.6) is 5.75 Å². The molecule has 0 radical (unpaired) electrons. The van der Waals surface area contributed by atoms with E-state index in [0.29, 0.717) is 0 Å². The Hall–Kier alpha value is -2.60. The Kier molecular flexibility index (Phi) is 5.53. The fourth-order valence-electron chi connectivity index (χ4n) is 3.83. The van der Waals surface area contributed by atoms with Gasteiger partial charge in [0, 0.05) is 37.2 Å². The molecule has 1 aliphatic heterocycles.